The van der Waals surface area contributed by atoms with Crippen molar-refractivity contribution >= 4 is 52.4 Å². The number of likely N-dealkylation sites (tertiary alicyclic amines) is 1. The molecule has 5 aliphatic rings. The zero-order chi connectivity index (χ0) is 44.5. The number of rotatable bonds is 14. The quantitative estimate of drug-likeness (QED) is 0.136. The van der Waals surface area contributed by atoms with Gasteiger partial charge in [0.05, 0.1) is 48.4 Å². The third-order valence-corrected chi connectivity index (χ3v) is 13.2. The van der Waals surface area contributed by atoms with Gasteiger partial charge in [0.25, 0.3) is 24.1 Å². The van der Waals surface area contributed by atoms with Crippen molar-refractivity contribution in [3.8, 4) is 0 Å². The molecule has 1 aliphatic carbocycles. The van der Waals surface area contributed by atoms with Gasteiger partial charge in [-0.2, -0.15) is 10.2 Å². The first kappa shape index (κ1) is 43.4. The Kier molecular flexibility index (Phi) is 12.7. The molecule has 1 atom stereocenters. The van der Waals surface area contributed by atoms with Crippen LogP contribution in [0.3, 0.4) is 0 Å². The summed E-state index contributed by atoms with van der Waals surface area (Å²) < 4.78 is 43.7. The minimum atomic E-state index is -2.86. The van der Waals surface area contributed by atoms with Crippen LogP contribution in [-0.4, -0.2) is 142 Å². The Labute approximate surface area is 368 Å². The first-order chi connectivity index (χ1) is 31.0. The van der Waals surface area contributed by atoms with E-state index in [-0.39, 0.29) is 47.4 Å². The normalized spacial score (nSPS) is 22.4. The maximum atomic E-state index is 14.4. The molecule has 2 N–H and O–H groups in total. The average molecular weight is 886 g/mol. The Bertz CT molecular complexity index is 2400. The highest BCUT2D eigenvalue weighted by Crippen LogP contribution is 2.37. The van der Waals surface area contributed by atoms with Crippen molar-refractivity contribution in [2.75, 3.05) is 81.3 Å². The molecule has 9 rings (SSSR count). The highest BCUT2D eigenvalue weighted by molar-refractivity contribution is 6.25. The summed E-state index contributed by atoms with van der Waals surface area (Å²) in [5.74, 6) is -1.45. The lowest BCUT2D eigenvalue weighted by atomic mass is 9.85. The molecule has 5 amide bonds. The summed E-state index contributed by atoms with van der Waals surface area (Å²) >= 11 is 0. The largest absolute Gasteiger partial charge is 0.384 e. The van der Waals surface area contributed by atoms with Crippen molar-refractivity contribution in [2.45, 2.75) is 82.4 Å². The fourth-order valence-electron chi connectivity index (χ4n) is 9.69. The molecule has 1 unspecified atom stereocenters. The minimum absolute atomic E-state index is 0.0485. The number of ether oxygens (including phenoxy) is 2. The van der Waals surface area contributed by atoms with Gasteiger partial charge < -0.3 is 29.5 Å². The first-order valence-electron chi connectivity index (χ1n) is 22.3. The molecule has 4 aliphatic heterocycles. The summed E-state index contributed by atoms with van der Waals surface area (Å²) in [6.07, 6.45) is 8.21. The van der Waals surface area contributed by atoms with Gasteiger partial charge in [0.2, 0.25) is 11.8 Å². The van der Waals surface area contributed by atoms with Gasteiger partial charge in [-0.15, -0.1) is 0 Å². The lowest BCUT2D eigenvalue weighted by Gasteiger charge is -2.36. The average Bonchev–Trinajstić information content (AvgIpc) is 4.02. The van der Waals surface area contributed by atoms with Crippen LogP contribution in [0.25, 0.3) is 5.65 Å². The summed E-state index contributed by atoms with van der Waals surface area (Å²) in [5, 5.41) is 14.1. The van der Waals surface area contributed by atoms with Crippen LogP contribution in [0.4, 0.5) is 26.0 Å². The number of aromatic nitrogens is 5. The van der Waals surface area contributed by atoms with E-state index in [2.05, 4.69) is 30.6 Å². The van der Waals surface area contributed by atoms with Crippen LogP contribution in [0.5, 0.6) is 0 Å². The summed E-state index contributed by atoms with van der Waals surface area (Å²) in [5.41, 5.74) is 1.21. The molecule has 340 valence electrons. The Balaban J connectivity index is 0.713. The molecule has 4 aromatic rings. The van der Waals surface area contributed by atoms with E-state index in [0.29, 0.717) is 68.9 Å². The molecule has 18 nitrogen and oxygen atoms in total. The van der Waals surface area contributed by atoms with Gasteiger partial charge in [-0.25, -0.2) is 18.3 Å². The van der Waals surface area contributed by atoms with Crippen LogP contribution >= 0.6 is 0 Å². The molecule has 0 spiro atoms. The number of nitrogens with one attached hydrogen (secondary N) is 2. The van der Waals surface area contributed by atoms with E-state index in [0.717, 1.165) is 63.1 Å². The Morgan fingerprint density at radius 2 is 1.78 bits per heavy atom. The fraction of sp³-hybridized carbons (Fsp3) is 0.545. The molecule has 4 fully saturated rings. The molecule has 3 aromatic heterocycles. The van der Waals surface area contributed by atoms with E-state index in [9.17, 15) is 32.8 Å². The number of halogens is 2. The summed E-state index contributed by atoms with van der Waals surface area (Å²) in [4.78, 5) is 75.9. The fourth-order valence-corrected chi connectivity index (χ4v) is 9.69. The van der Waals surface area contributed by atoms with Crippen LogP contribution < -0.4 is 20.4 Å². The summed E-state index contributed by atoms with van der Waals surface area (Å²) in [7, 11) is 1.49. The van der Waals surface area contributed by atoms with E-state index >= 15 is 0 Å². The van der Waals surface area contributed by atoms with Gasteiger partial charge in [0.1, 0.15) is 17.4 Å². The van der Waals surface area contributed by atoms with Crippen LogP contribution in [-0.2, 0) is 19.1 Å². The minimum Gasteiger partial charge on any atom is -0.384 e. The number of carbonyl (C=O) groups is 5. The van der Waals surface area contributed by atoms with E-state index in [1.807, 2.05) is 6.07 Å². The van der Waals surface area contributed by atoms with Crippen molar-refractivity contribution in [1.29, 1.82) is 0 Å². The zero-order valence-corrected chi connectivity index (χ0v) is 35.8. The van der Waals surface area contributed by atoms with Crippen molar-refractivity contribution in [3.05, 3.63) is 65.2 Å². The smallest absolute Gasteiger partial charge is 0.284 e. The molecule has 20 heteroatoms. The van der Waals surface area contributed by atoms with Gasteiger partial charge in [0.15, 0.2) is 11.3 Å². The molecular weight excluding hydrogens is 833 g/mol. The van der Waals surface area contributed by atoms with Crippen molar-refractivity contribution in [2.24, 2.45) is 5.92 Å². The number of amides is 5. The van der Waals surface area contributed by atoms with Gasteiger partial charge in [-0.3, -0.25) is 38.9 Å². The Morgan fingerprint density at radius 1 is 1.00 bits per heavy atom. The molecular formula is C44H53F2N11O7. The Morgan fingerprint density at radius 3 is 2.53 bits per heavy atom. The highest BCUT2D eigenvalue weighted by atomic mass is 19.3. The standard InChI is InChI=1S/C44H53F2N11O7/c1-52(42(60)31-24-48-55-18-14-35(49-40(31)55)54-19-22-63-23-20-54)34-26-56(51-38(34)39(45)46)28-8-6-27(7-9-28)25-53-16-12-29(13-17-53)64-21-3-15-47-32-5-2-4-30-37(32)44(62)57(43(30)61)33-10-11-36(58)50-41(33)59/h2,4-5,14,18,24,26-29,33,39,47H,3,6-13,15-17,19-23,25H2,1H3,(H,50,58,59). The van der Waals surface area contributed by atoms with Crippen LogP contribution in [0.15, 0.2) is 42.9 Å². The topological polar surface area (TPSA) is 189 Å². The number of benzene rings is 1. The number of carbonyl (C=O) groups excluding carboxylic acids is 5. The van der Waals surface area contributed by atoms with Gasteiger partial charge in [0, 0.05) is 77.4 Å². The second kappa shape index (κ2) is 18.7. The predicted octanol–water partition coefficient (Wildman–Crippen LogP) is 4.09. The van der Waals surface area contributed by atoms with E-state index in [1.165, 1.54) is 22.7 Å². The van der Waals surface area contributed by atoms with Gasteiger partial charge in [-0.05, 0) is 75.5 Å². The van der Waals surface area contributed by atoms with E-state index in [4.69, 9.17) is 14.5 Å². The third-order valence-electron chi connectivity index (χ3n) is 13.2. The lowest BCUT2D eigenvalue weighted by molar-refractivity contribution is -0.136. The van der Waals surface area contributed by atoms with E-state index < -0.39 is 47.7 Å². The first-order valence-corrected chi connectivity index (χ1v) is 22.3. The second-order valence-electron chi connectivity index (χ2n) is 17.3. The number of piperidine rings is 2. The third kappa shape index (κ3) is 8.82. The predicted molar refractivity (Wildman–Crippen MR) is 229 cm³/mol. The highest BCUT2D eigenvalue weighted by Gasteiger charge is 2.45. The monoisotopic (exact) mass is 885 g/mol. The number of nitrogens with zero attached hydrogens (tertiary/aromatic N) is 9. The molecule has 0 bridgehead atoms. The summed E-state index contributed by atoms with van der Waals surface area (Å²) in [6, 6.07) is 5.79. The molecule has 1 aromatic carbocycles. The number of morpholine rings is 1. The zero-order valence-electron chi connectivity index (χ0n) is 35.8. The molecule has 64 heavy (non-hydrogen) atoms. The van der Waals surface area contributed by atoms with Crippen LogP contribution in [0.2, 0.25) is 0 Å². The number of fused-ring (bicyclic) bond motifs is 2. The number of imide groups is 2. The van der Waals surface area contributed by atoms with Gasteiger partial charge >= 0.3 is 0 Å². The summed E-state index contributed by atoms with van der Waals surface area (Å²) in [6.45, 7) is 6.39. The maximum Gasteiger partial charge on any atom is 0.284 e. The Hall–Kier alpha value is -5.86. The van der Waals surface area contributed by atoms with Crippen molar-refractivity contribution in [3.63, 3.8) is 0 Å². The lowest BCUT2D eigenvalue weighted by Crippen LogP contribution is -2.54. The number of alkyl halides is 2. The van der Waals surface area contributed by atoms with Gasteiger partial charge in [-0.1, -0.05) is 6.07 Å². The molecule has 7 heterocycles. The molecule has 0 radical (unpaired) electrons. The number of hydrogen-bond acceptors (Lipinski definition) is 13. The molecule has 3 saturated heterocycles. The number of hydrogen-bond donors (Lipinski definition) is 2. The second-order valence-corrected chi connectivity index (χ2v) is 17.3. The van der Waals surface area contributed by atoms with Crippen LogP contribution in [0, 0.1) is 5.92 Å². The number of anilines is 3. The maximum absolute atomic E-state index is 14.4. The van der Waals surface area contributed by atoms with Crippen LogP contribution in [0.1, 0.15) is 107 Å². The van der Waals surface area contributed by atoms with Crippen molar-refractivity contribution in [1.82, 2.24) is 39.5 Å². The van der Waals surface area contributed by atoms with E-state index in [1.54, 1.807) is 35.3 Å². The molecule has 1 saturated carbocycles. The van der Waals surface area contributed by atoms with Crippen molar-refractivity contribution < 1.29 is 42.2 Å². The SMILES string of the molecule is CN(C(=O)c1cnn2ccc(N3CCOCC3)nc12)c1cn(C2CCC(CN3CCC(OCCCNc4cccc5c4C(=O)N(C4CCC(=O)NC4=O)C5=O)CC3)CC2)nc1C(F)F.